The zero-order chi connectivity index (χ0) is 14.7. The fraction of sp³-hybridized carbons (Fsp3) is 0.278. The summed E-state index contributed by atoms with van der Waals surface area (Å²) in [6, 6.07) is 16.0. The van der Waals surface area contributed by atoms with E-state index in [0.717, 1.165) is 18.4 Å². The van der Waals surface area contributed by atoms with Crippen LogP contribution in [0.1, 0.15) is 39.4 Å². The highest BCUT2D eigenvalue weighted by molar-refractivity contribution is 5.94. The molecule has 0 radical (unpaired) electrons. The average molecular weight is 317 g/mol. The Morgan fingerprint density at radius 2 is 1.86 bits per heavy atom. The summed E-state index contributed by atoms with van der Waals surface area (Å²) in [6.07, 6.45) is 2.23. The van der Waals surface area contributed by atoms with Gasteiger partial charge in [-0.1, -0.05) is 36.4 Å². The van der Waals surface area contributed by atoms with E-state index in [1.54, 1.807) is 0 Å². The van der Waals surface area contributed by atoms with Crippen molar-refractivity contribution in [3.63, 3.8) is 0 Å². The monoisotopic (exact) mass is 316 g/mol. The van der Waals surface area contributed by atoms with E-state index >= 15 is 0 Å². The number of rotatable bonds is 4. The summed E-state index contributed by atoms with van der Waals surface area (Å²) in [6.45, 7) is 1.20. The summed E-state index contributed by atoms with van der Waals surface area (Å²) < 4.78 is 0. The number of nitrogens with two attached hydrogens (primary N) is 1. The van der Waals surface area contributed by atoms with Gasteiger partial charge in [-0.2, -0.15) is 0 Å². The first-order valence-electron chi connectivity index (χ1n) is 7.43. The van der Waals surface area contributed by atoms with Crippen LogP contribution in [0.15, 0.2) is 48.5 Å². The molecule has 2 aromatic rings. The second-order valence-electron chi connectivity index (χ2n) is 5.55. The zero-order valence-electron chi connectivity index (χ0n) is 12.4. The minimum atomic E-state index is -0.0112. The largest absolute Gasteiger partial charge is 0.351 e. The molecule has 0 aliphatic heterocycles. The fourth-order valence-corrected chi connectivity index (χ4v) is 2.97. The molecule has 3 rings (SSSR count). The first-order chi connectivity index (χ1) is 10.3. The summed E-state index contributed by atoms with van der Waals surface area (Å²) in [5.41, 5.74) is 10.1. The molecule has 1 aliphatic carbocycles. The van der Waals surface area contributed by atoms with Gasteiger partial charge in [-0.25, -0.2) is 0 Å². The predicted octanol–water partition coefficient (Wildman–Crippen LogP) is 3.03. The fourth-order valence-electron chi connectivity index (χ4n) is 2.97. The lowest BCUT2D eigenvalue weighted by molar-refractivity contribution is 0.0951. The van der Waals surface area contributed by atoms with Gasteiger partial charge in [0.25, 0.3) is 5.91 Å². The molecule has 0 saturated carbocycles. The predicted molar refractivity (Wildman–Crippen MR) is 91.4 cm³/mol. The van der Waals surface area contributed by atoms with Gasteiger partial charge in [-0.05, 0) is 41.7 Å². The molecular formula is C18H21ClN2O. The smallest absolute Gasteiger partial charge is 0.251 e. The van der Waals surface area contributed by atoms with Gasteiger partial charge >= 0.3 is 0 Å². The highest BCUT2D eigenvalue weighted by atomic mass is 35.5. The zero-order valence-corrected chi connectivity index (χ0v) is 13.2. The van der Waals surface area contributed by atoms with E-state index in [2.05, 4.69) is 29.6 Å². The molecule has 0 bridgehead atoms. The molecule has 2 aromatic carbocycles. The van der Waals surface area contributed by atoms with Gasteiger partial charge in [0, 0.05) is 24.6 Å². The summed E-state index contributed by atoms with van der Waals surface area (Å²) in [5, 5.41) is 3.05. The first-order valence-corrected chi connectivity index (χ1v) is 7.43. The van der Waals surface area contributed by atoms with E-state index in [-0.39, 0.29) is 18.3 Å². The second-order valence-corrected chi connectivity index (χ2v) is 5.55. The third-order valence-electron chi connectivity index (χ3n) is 4.22. The lowest BCUT2D eigenvalue weighted by Crippen LogP contribution is -2.27. The van der Waals surface area contributed by atoms with E-state index in [1.807, 2.05) is 24.3 Å². The summed E-state index contributed by atoms with van der Waals surface area (Å²) >= 11 is 0. The Balaban J connectivity index is 0.00000176. The molecule has 0 aromatic heterocycles. The minimum Gasteiger partial charge on any atom is -0.351 e. The van der Waals surface area contributed by atoms with Crippen molar-refractivity contribution in [1.82, 2.24) is 5.32 Å². The number of benzene rings is 2. The Bertz CT molecular complexity index is 640. The quantitative estimate of drug-likeness (QED) is 0.911. The third-order valence-corrected chi connectivity index (χ3v) is 4.22. The Morgan fingerprint density at radius 3 is 2.59 bits per heavy atom. The maximum atomic E-state index is 12.2. The number of halogens is 1. The van der Waals surface area contributed by atoms with Crippen molar-refractivity contribution in [3.8, 4) is 0 Å². The van der Waals surface area contributed by atoms with Crippen LogP contribution in [0.25, 0.3) is 0 Å². The van der Waals surface area contributed by atoms with Crippen LogP contribution in [0.4, 0.5) is 0 Å². The normalized spacial score (nSPS) is 15.8. The Kier molecular flexibility index (Phi) is 5.58. The van der Waals surface area contributed by atoms with Gasteiger partial charge in [0.1, 0.15) is 0 Å². The van der Waals surface area contributed by atoms with Crippen LogP contribution in [0.5, 0.6) is 0 Å². The van der Waals surface area contributed by atoms with Crippen LogP contribution >= 0.6 is 12.4 Å². The molecule has 0 fully saturated rings. The van der Waals surface area contributed by atoms with Crippen molar-refractivity contribution >= 4 is 18.3 Å². The van der Waals surface area contributed by atoms with Crippen LogP contribution in [0.2, 0.25) is 0 Å². The Labute approximate surface area is 137 Å². The van der Waals surface area contributed by atoms with Gasteiger partial charge in [-0.3, -0.25) is 4.79 Å². The number of aryl methyl sites for hydroxylation is 1. The molecule has 1 amide bonds. The average Bonchev–Trinajstić information content (AvgIpc) is 2.96. The van der Waals surface area contributed by atoms with Crippen LogP contribution in [-0.2, 0) is 13.0 Å². The summed E-state index contributed by atoms with van der Waals surface area (Å²) in [5.74, 6) is 0.427. The standard InChI is InChI=1S/C18H20N2O.ClH/c19-11-13-5-7-15(8-6-13)18(21)20-12-16-10-9-14-3-1-2-4-17(14)16;/h1-8,16H,9-12,19H2,(H,20,21);1H. The van der Waals surface area contributed by atoms with Gasteiger partial charge < -0.3 is 11.1 Å². The minimum absolute atomic E-state index is 0. The molecular weight excluding hydrogens is 296 g/mol. The van der Waals surface area contributed by atoms with Gasteiger partial charge in [0.15, 0.2) is 0 Å². The van der Waals surface area contributed by atoms with Crippen molar-refractivity contribution in [2.24, 2.45) is 5.73 Å². The van der Waals surface area contributed by atoms with Crippen LogP contribution in [0.3, 0.4) is 0 Å². The van der Waals surface area contributed by atoms with Crippen molar-refractivity contribution in [2.45, 2.75) is 25.3 Å². The third kappa shape index (κ3) is 3.49. The molecule has 1 unspecified atom stereocenters. The van der Waals surface area contributed by atoms with E-state index in [1.165, 1.54) is 11.1 Å². The molecule has 4 heteroatoms. The van der Waals surface area contributed by atoms with Gasteiger partial charge in [0.2, 0.25) is 0 Å². The number of hydrogen-bond donors (Lipinski definition) is 2. The lowest BCUT2D eigenvalue weighted by atomic mass is 10.0. The molecule has 0 spiro atoms. The van der Waals surface area contributed by atoms with E-state index in [9.17, 15) is 4.79 Å². The molecule has 3 nitrogen and oxygen atoms in total. The summed E-state index contributed by atoms with van der Waals surface area (Å²) in [4.78, 5) is 12.2. The first kappa shape index (κ1) is 16.5. The van der Waals surface area contributed by atoms with Crippen molar-refractivity contribution in [3.05, 3.63) is 70.8 Å². The maximum absolute atomic E-state index is 12.2. The van der Waals surface area contributed by atoms with E-state index in [4.69, 9.17) is 5.73 Å². The summed E-state index contributed by atoms with van der Waals surface area (Å²) in [7, 11) is 0. The number of carbonyl (C=O) groups excluding carboxylic acids is 1. The van der Waals surface area contributed by atoms with Crippen molar-refractivity contribution < 1.29 is 4.79 Å². The Hall–Kier alpha value is -1.84. The molecule has 0 heterocycles. The number of nitrogens with one attached hydrogen (secondary N) is 1. The van der Waals surface area contributed by atoms with Crippen LogP contribution < -0.4 is 11.1 Å². The van der Waals surface area contributed by atoms with E-state index < -0.39 is 0 Å². The van der Waals surface area contributed by atoms with E-state index in [0.29, 0.717) is 24.6 Å². The highest BCUT2D eigenvalue weighted by Gasteiger charge is 2.22. The van der Waals surface area contributed by atoms with Crippen LogP contribution in [-0.4, -0.2) is 12.5 Å². The van der Waals surface area contributed by atoms with Crippen molar-refractivity contribution in [1.29, 1.82) is 0 Å². The molecule has 3 N–H and O–H groups in total. The number of carbonyl (C=O) groups is 1. The van der Waals surface area contributed by atoms with Crippen LogP contribution in [0, 0.1) is 0 Å². The Morgan fingerprint density at radius 1 is 1.14 bits per heavy atom. The topological polar surface area (TPSA) is 55.1 Å². The lowest BCUT2D eigenvalue weighted by Gasteiger charge is -2.13. The molecule has 0 saturated heterocycles. The van der Waals surface area contributed by atoms with Gasteiger partial charge in [-0.15, -0.1) is 12.4 Å². The number of hydrogen-bond acceptors (Lipinski definition) is 2. The molecule has 1 aliphatic rings. The molecule has 1 atom stereocenters. The highest BCUT2D eigenvalue weighted by Crippen LogP contribution is 2.32. The molecule has 116 valence electrons. The number of fused-ring (bicyclic) bond motifs is 1. The van der Waals surface area contributed by atoms with Gasteiger partial charge in [0.05, 0.1) is 0 Å². The second kappa shape index (κ2) is 7.43. The number of amides is 1. The molecule has 22 heavy (non-hydrogen) atoms. The maximum Gasteiger partial charge on any atom is 0.251 e. The van der Waals surface area contributed by atoms with Crippen molar-refractivity contribution in [2.75, 3.05) is 6.54 Å². The SMILES string of the molecule is Cl.NCc1ccc(C(=O)NCC2CCc3ccccc32)cc1.